The van der Waals surface area contributed by atoms with Crippen LogP contribution in [0, 0.1) is 11.8 Å². The van der Waals surface area contributed by atoms with Gasteiger partial charge in [0.2, 0.25) is 0 Å². The number of allylic oxidation sites excluding steroid dienone is 1. The average molecular weight is 390 g/mol. The van der Waals surface area contributed by atoms with Gasteiger partial charge in [0, 0.05) is 36.8 Å². The highest BCUT2D eigenvalue weighted by molar-refractivity contribution is 5.91. The Balaban J connectivity index is 2.35. The van der Waals surface area contributed by atoms with Gasteiger partial charge in [-0.15, -0.1) is 0 Å². The first kappa shape index (κ1) is 21.6. The fourth-order valence-corrected chi connectivity index (χ4v) is 3.18. The lowest BCUT2D eigenvalue weighted by atomic mass is 9.87. The predicted molar refractivity (Wildman–Crippen MR) is 99.9 cm³/mol. The van der Waals surface area contributed by atoms with E-state index >= 15 is 0 Å². The molecule has 2 aliphatic rings. The van der Waals surface area contributed by atoms with E-state index < -0.39 is 24.1 Å². The van der Waals surface area contributed by atoms with Crippen LogP contribution < -0.4 is 0 Å². The molecule has 0 radical (unpaired) electrons. The smallest absolute Gasteiger partial charge is 0.334 e. The molecule has 3 unspecified atom stereocenters. The minimum atomic E-state index is -0.671. The number of aldehydes is 1. The number of carbonyl (C=O) groups excluding carboxylic acids is 4. The Morgan fingerprint density at radius 3 is 2.64 bits per heavy atom. The molecule has 3 atom stereocenters. The molecule has 0 amide bonds. The standard InChI is InChI=1S/C21H26O7/c1-12(2)20(24)26-11-16-6-7-17-13(3)21(25)28-19(17)9-15(10-22)5-8-18(16)27-14(4)23/h5-6,10,12,17-19H,3,7-9,11H2,1-2,4H3. The molecular formula is C21H26O7. The van der Waals surface area contributed by atoms with Crippen molar-refractivity contribution in [3.05, 3.63) is 35.5 Å². The second-order valence-electron chi connectivity index (χ2n) is 7.29. The topological polar surface area (TPSA) is 96.0 Å². The zero-order valence-electron chi connectivity index (χ0n) is 16.4. The Morgan fingerprint density at radius 1 is 1.32 bits per heavy atom. The zero-order valence-corrected chi connectivity index (χ0v) is 16.4. The SMILES string of the molecule is C=C1C(=O)OC2CC(C=O)=CCC(OC(C)=O)C(COC(=O)C(C)C)=CCC12. The second-order valence-corrected chi connectivity index (χ2v) is 7.29. The van der Waals surface area contributed by atoms with Crippen LogP contribution in [0.1, 0.15) is 40.0 Å². The molecule has 0 aromatic carbocycles. The van der Waals surface area contributed by atoms with E-state index in [1.165, 1.54) is 6.92 Å². The molecule has 1 aliphatic heterocycles. The van der Waals surface area contributed by atoms with Gasteiger partial charge in [-0.2, -0.15) is 0 Å². The van der Waals surface area contributed by atoms with Crippen LogP contribution in [0.25, 0.3) is 0 Å². The first-order valence-corrected chi connectivity index (χ1v) is 9.29. The maximum absolute atomic E-state index is 11.9. The van der Waals surface area contributed by atoms with Crippen molar-refractivity contribution in [2.75, 3.05) is 6.61 Å². The number of carbonyl (C=O) groups is 4. The number of ether oxygens (including phenoxy) is 3. The first-order chi connectivity index (χ1) is 13.2. The summed E-state index contributed by atoms with van der Waals surface area (Å²) >= 11 is 0. The van der Waals surface area contributed by atoms with Gasteiger partial charge >= 0.3 is 17.9 Å². The molecular weight excluding hydrogens is 364 g/mol. The van der Waals surface area contributed by atoms with Crippen LogP contribution in [-0.4, -0.2) is 43.0 Å². The zero-order chi connectivity index (χ0) is 20.8. The lowest BCUT2D eigenvalue weighted by Gasteiger charge is -2.23. The highest BCUT2D eigenvalue weighted by Crippen LogP contribution is 2.35. The minimum absolute atomic E-state index is 0.0438. The normalized spacial score (nSPS) is 25.2. The van der Waals surface area contributed by atoms with E-state index in [0.29, 0.717) is 29.4 Å². The summed E-state index contributed by atoms with van der Waals surface area (Å²) in [7, 11) is 0. The molecule has 0 saturated carbocycles. The fraction of sp³-hybridized carbons (Fsp3) is 0.524. The van der Waals surface area contributed by atoms with Crippen molar-refractivity contribution >= 4 is 24.2 Å². The van der Waals surface area contributed by atoms with Gasteiger partial charge in [0.05, 0.1) is 5.92 Å². The van der Waals surface area contributed by atoms with Crippen molar-refractivity contribution in [2.24, 2.45) is 11.8 Å². The molecule has 0 aromatic rings. The molecule has 7 heteroatoms. The minimum Gasteiger partial charge on any atom is -0.461 e. The Labute approximate surface area is 164 Å². The van der Waals surface area contributed by atoms with E-state index in [2.05, 4.69) is 6.58 Å². The maximum Gasteiger partial charge on any atom is 0.334 e. The van der Waals surface area contributed by atoms with Crippen molar-refractivity contribution in [3.63, 3.8) is 0 Å². The summed E-state index contributed by atoms with van der Waals surface area (Å²) in [6.07, 6.45) is 3.96. The first-order valence-electron chi connectivity index (χ1n) is 9.29. The van der Waals surface area contributed by atoms with E-state index in [9.17, 15) is 19.2 Å². The third-order valence-corrected chi connectivity index (χ3v) is 4.81. The Hall–Kier alpha value is -2.70. The largest absolute Gasteiger partial charge is 0.461 e. The van der Waals surface area contributed by atoms with Gasteiger partial charge in [-0.1, -0.05) is 32.6 Å². The number of hydrogen-bond donors (Lipinski definition) is 0. The molecule has 0 N–H and O–H groups in total. The molecule has 1 saturated heterocycles. The molecule has 0 spiro atoms. The molecule has 2 rings (SSSR count). The summed E-state index contributed by atoms with van der Waals surface area (Å²) in [5, 5.41) is 0. The summed E-state index contributed by atoms with van der Waals surface area (Å²) in [5.74, 6) is -1.92. The molecule has 7 nitrogen and oxygen atoms in total. The van der Waals surface area contributed by atoms with Gasteiger partial charge < -0.3 is 14.2 Å². The number of fused-ring (bicyclic) bond motifs is 1. The summed E-state index contributed by atoms with van der Waals surface area (Å²) in [6, 6.07) is 0. The molecule has 152 valence electrons. The lowest BCUT2D eigenvalue weighted by Crippen LogP contribution is -2.25. The summed E-state index contributed by atoms with van der Waals surface area (Å²) in [5.41, 5.74) is 1.39. The Morgan fingerprint density at radius 2 is 2.04 bits per heavy atom. The van der Waals surface area contributed by atoms with Crippen molar-refractivity contribution in [3.8, 4) is 0 Å². The van der Waals surface area contributed by atoms with Crippen LogP contribution in [0.3, 0.4) is 0 Å². The third-order valence-electron chi connectivity index (χ3n) is 4.81. The summed E-state index contributed by atoms with van der Waals surface area (Å²) in [4.78, 5) is 46.8. The Kier molecular flexibility index (Phi) is 7.31. The van der Waals surface area contributed by atoms with Gasteiger partial charge in [0.1, 0.15) is 25.1 Å². The van der Waals surface area contributed by atoms with Gasteiger partial charge in [-0.3, -0.25) is 14.4 Å². The van der Waals surface area contributed by atoms with Crippen LogP contribution in [0.2, 0.25) is 0 Å². The fourth-order valence-electron chi connectivity index (χ4n) is 3.18. The number of hydrogen-bond acceptors (Lipinski definition) is 7. The van der Waals surface area contributed by atoms with Crippen molar-refractivity contribution in [1.29, 1.82) is 0 Å². The quantitative estimate of drug-likeness (QED) is 0.234. The number of rotatable bonds is 5. The molecule has 0 aromatic heterocycles. The van der Waals surface area contributed by atoms with Crippen molar-refractivity contribution < 1.29 is 33.4 Å². The second kappa shape index (κ2) is 9.48. The molecule has 28 heavy (non-hydrogen) atoms. The predicted octanol–water partition coefficient (Wildman–Crippen LogP) is 2.45. The monoisotopic (exact) mass is 390 g/mol. The van der Waals surface area contributed by atoms with E-state index in [0.717, 1.165) is 0 Å². The summed E-state index contributed by atoms with van der Waals surface area (Å²) < 4.78 is 16.1. The molecule has 1 heterocycles. The van der Waals surface area contributed by atoms with Crippen LogP contribution in [0.15, 0.2) is 35.5 Å². The average Bonchev–Trinajstić information content (AvgIpc) is 2.90. The van der Waals surface area contributed by atoms with E-state index in [-0.39, 0.29) is 37.3 Å². The van der Waals surface area contributed by atoms with Crippen molar-refractivity contribution in [2.45, 2.75) is 52.2 Å². The van der Waals surface area contributed by atoms with Crippen LogP contribution in [-0.2, 0) is 33.4 Å². The third kappa shape index (κ3) is 5.41. The van der Waals surface area contributed by atoms with E-state index in [1.54, 1.807) is 19.9 Å². The van der Waals surface area contributed by atoms with Gasteiger partial charge in [0.25, 0.3) is 0 Å². The van der Waals surface area contributed by atoms with Crippen LogP contribution in [0.4, 0.5) is 0 Å². The van der Waals surface area contributed by atoms with E-state index in [4.69, 9.17) is 14.2 Å². The van der Waals surface area contributed by atoms with E-state index in [1.807, 2.05) is 6.08 Å². The van der Waals surface area contributed by atoms with Crippen molar-refractivity contribution in [1.82, 2.24) is 0 Å². The van der Waals surface area contributed by atoms with Crippen LogP contribution in [0.5, 0.6) is 0 Å². The number of esters is 3. The highest BCUT2D eigenvalue weighted by atomic mass is 16.6. The van der Waals surface area contributed by atoms with Gasteiger partial charge in [-0.05, 0) is 12.0 Å². The van der Waals surface area contributed by atoms with Gasteiger partial charge in [0.15, 0.2) is 0 Å². The van der Waals surface area contributed by atoms with Crippen LogP contribution >= 0.6 is 0 Å². The maximum atomic E-state index is 11.9. The highest BCUT2D eigenvalue weighted by Gasteiger charge is 2.38. The lowest BCUT2D eigenvalue weighted by molar-refractivity contribution is -0.148. The Bertz CT molecular complexity index is 729. The van der Waals surface area contributed by atoms with Gasteiger partial charge in [-0.25, -0.2) is 4.79 Å². The molecule has 0 bridgehead atoms. The summed E-state index contributed by atoms with van der Waals surface area (Å²) in [6.45, 7) is 8.50. The molecule has 1 fully saturated rings. The molecule has 1 aliphatic carbocycles.